The Balaban J connectivity index is 2.36. The van der Waals surface area contributed by atoms with Gasteiger partial charge in [-0.15, -0.1) is 0 Å². The summed E-state index contributed by atoms with van der Waals surface area (Å²) in [6.45, 7) is 4.46. The van der Waals surface area contributed by atoms with Gasteiger partial charge in [-0.3, -0.25) is 0 Å². The van der Waals surface area contributed by atoms with Crippen LogP contribution < -0.4 is 10.6 Å². The topological polar surface area (TPSA) is 53.0 Å². The van der Waals surface area contributed by atoms with E-state index in [0.717, 1.165) is 17.8 Å². The summed E-state index contributed by atoms with van der Waals surface area (Å²) in [7, 11) is 0. The molecule has 3 heteroatoms. The number of anilines is 2. The van der Waals surface area contributed by atoms with Gasteiger partial charge in [-0.05, 0) is 44.4 Å². The van der Waals surface area contributed by atoms with Gasteiger partial charge in [0.05, 0.1) is 23.0 Å². The molecule has 1 aromatic rings. The van der Waals surface area contributed by atoms with Gasteiger partial charge in [0.2, 0.25) is 0 Å². The second-order valence-electron chi connectivity index (χ2n) is 4.78. The Hall–Kier alpha value is -1.69. The van der Waals surface area contributed by atoms with E-state index in [1.165, 1.54) is 12.8 Å². The summed E-state index contributed by atoms with van der Waals surface area (Å²) in [5.74, 6) is 0. The molecule has 2 N–H and O–H groups in total. The van der Waals surface area contributed by atoms with E-state index in [1.54, 1.807) is 6.07 Å². The fourth-order valence-corrected chi connectivity index (χ4v) is 2.77. The van der Waals surface area contributed by atoms with Crippen LogP contribution in [0.25, 0.3) is 0 Å². The normalized spacial score (nSPS) is 23.7. The molecule has 0 aliphatic carbocycles. The van der Waals surface area contributed by atoms with Crippen LogP contribution in [0.4, 0.5) is 11.4 Å². The van der Waals surface area contributed by atoms with Crippen molar-refractivity contribution < 1.29 is 0 Å². The van der Waals surface area contributed by atoms with Crippen molar-refractivity contribution in [2.75, 3.05) is 10.6 Å². The van der Waals surface area contributed by atoms with Crippen molar-refractivity contribution in [2.24, 2.45) is 0 Å². The fraction of sp³-hybridized carbons (Fsp3) is 0.500. The summed E-state index contributed by atoms with van der Waals surface area (Å²) in [5.41, 5.74) is 8.50. The molecule has 2 unspecified atom stereocenters. The van der Waals surface area contributed by atoms with Gasteiger partial charge >= 0.3 is 0 Å². The Bertz CT molecular complexity index is 447. The number of nitrogen functional groups attached to an aromatic ring is 1. The lowest BCUT2D eigenvalue weighted by atomic mass is 10.1. The number of rotatable bonds is 2. The first-order chi connectivity index (χ1) is 8.17. The average Bonchev–Trinajstić information content (AvgIpc) is 2.70. The molecule has 1 aliphatic heterocycles. The highest BCUT2D eigenvalue weighted by Crippen LogP contribution is 2.35. The lowest BCUT2D eigenvalue weighted by Crippen LogP contribution is -2.34. The molecule has 3 nitrogen and oxygen atoms in total. The Morgan fingerprint density at radius 2 is 2.24 bits per heavy atom. The van der Waals surface area contributed by atoms with Crippen molar-refractivity contribution in [3.63, 3.8) is 0 Å². The van der Waals surface area contributed by atoms with E-state index in [4.69, 9.17) is 11.0 Å². The first-order valence-electron chi connectivity index (χ1n) is 6.25. The van der Waals surface area contributed by atoms with Gasteiger partial charge in [0.15, 0.2) is 0 Å². The van der Waals surface area contributed by atoms with E-state index in [0.29, 0.717) is 17.6 Å². The molecule has 1 heterocycles. The monoisotopic (exact) mass is 229 g/mol. The second kappa shape index (κ2) is 4.67. The van der Waals surface area contributed by atoms with Gasteiger partial charge in [0.25, 0.3) is 0 Å². The van der Waals surface area contributed by atoms with Crippen molar-refractivity contribution in [3.05, 3.63) is 23.8 Å². The highest BCUT2D eigenvalue weighted by atomic mass is 15.2. The quantitative estimate of drug-likeness (QED) is 0.793. The molecular weight excluding hydrogens is 210 g/mol. The number of hydrogen-bond donors (Lipinski definition) is 1. The summed E-state index contributed by atoms with van der Waals surface area (Å²) in [5, 5.41) is 8.85. The molecule has 0 bridgehead atoms. The molecule has 1 fully saturated rings. The molecule has 0 aromatic heterocycles. The van der Waals surface area contributed by atoms with Crippen molar-refractivity contribution in [3.8, 4) is 6.07 Å². The zero-order chi connectivity index (χ0) is 12.4. The number of nitrogens with two attached hydrogens (primary N) is 1. The zero-order valence-electron chi connectivity index (χ0n) is 10.5. The molecule has 0 saturated carbocycles. The zero-order valence-corrected chi connectivity index (χ0v) is 10.5. The van der Waals surface area contributed by atoms with Crippen LogP contribution >= 0.6 is 0 Å². The van der Waals surface area contributed by atoms with Crippen LogP contribution in [0.15, 0.2) is 18.2 Å². The molecule has 0 amide bonds. The highest BCUT2D eigenvalue weighted by molar-refractivity contribution is 5.70. The summed E-state index contributed by atoms with van der Waals surface area (Å²) in [4.78, 5) is 2.41. The van der Waals surface area contributed by atoms with Crippen LogP contribution in [0, 0.1) is 11.3 Å². The Labute approximate surface area is 103 Å². The van der Waals surface area contributed by atoms with Gasteiger partial charge in [-0.25, -0.2) is 0 Å². The van der Waals surface area contributed by atoms with E-state index in [9.17, 15) is 0 Å². The van der Waals surface area contributed by atoms with Crippen LogP contribution in [-0.2, 0) is 0 Å². The minimum atomic E-state index is 0.537. The lowest BCUT2D eigenvalue weighted by molar-refractivity contribution is 0.629. The van der Waals surface area contributed by atoms with Gasteiger partial charge < -0.3 is 10.6 Å². The molecule has 1 aliphatic rings. The van der Waals surface area contributed by atoms with Crippen molar-refractivity contribution >= 4 is 11.4 Å². The standard InChI is InChI=1S/C14H19N3/c1-3-12-6-4-10(2)17(12)14-7-5-11(9-15)8-13(14)16/h5,7-8,10,12H,3-4,6,16H2,1-2H3. The lowest BCUT2D eigenvalue weighted by Gasteiger charge is -2.31. The predicted molar refractivity (Wildman–Crippen MR) is 70.8 cm³/mol. The van der Waals surface area contributed by atoms with Crippen LogP contribution in [0.5, 0.6) is 0 Å². The highest BCUT2D eigenvalue weighted by Gasteiger charge is 2.30. The summed E-state index contributed by atoms with van der Waals surface area (Å²) < 4.78 is 0. The molecule has 2 atom stereocenters. The number of benzene rings is 1. The minimum Gasteiger partial charge on any atom is -0.397 e. The smallest absolute Gasteiger partial charge is 0.0992 e. The van der Waals surface area contributed by atoms with E-state index in [2.05, 4.69) is 24.8 Å². The summed E-state index contributed by atoms with van der Waals surface area (Å²) >= 11 is 0. The van der Waals surface area contributed by atoms with Crippen LogP contribution in [-0.4, -0.2) is 12.1 Å². The van der Waals surface area contributed by atoms with Crippen molar-refractivity contribution in [1.82, 2.24) is 0 Å². The SMILES string of the molecule is CCC1CCC(C)N1c1ccc(C#N)cc1N. The van der Waals surface area contributed by atoms with Gasteiger partial charge in [0.1, 0.15) is 0 Å². The van der Waals surface area contributed by atoms with E-state index in [1.807, 2.05) is 12.1 Å². The molecule has 1 saturated heterocycles. The Kier molecular flexibility index (Phi) is 3.23. The maximum Gasteiger partial charge on any atom is 0.0992 e. The molecule has 0 spiro atoms. The van der Waals surface area contributed by atoms with Gasteiger partial charge in [-0.2, -0.15) is 5.26 Å². The van der Waals surface area contributed by atoms with E-state index >= 15 is 0 Å². The van der Waals surface area contributed by atoms with Gasteiger partial charge in [-0.1, -0.05) is 6.92 Å². The fourth-order valence-electron chi connectivity index (χ4n) is 2.77. The maximum absolute atomic E-state index is 8.85. The third-order valence-corrected chi connectivity index (χ3v) is 3.69. The molecular formula is C14H19N3. The van der Waals surface area contributed by atoms with E-state index < -0.39 is 0 Å². The Morgan fingerprint density at radius 1 is 1.47 bits per heavy atom. The molecule has 2 rings (SSSR count). The molecule has 90 valence electrons. The Morgan fingerprint density at radius 3 is 2.82 bits per heavy atom. The molecule has 0 radical (unpaired) electrons. The van der Waals surface area contributed by atoms with Crippen LogP contribution in [0.2, 0.25) is 0 Å². The molecule has 1 aromatic carbocycles. The van der Waals surface area contributed by atoms with Crippen molar-refractivity contribution in [2.45, 2.75) is 45.2 Å². The third kappa shape index (κ3) is 2.08. The minimum absolute atomic E-state index is 0.537. The number of hydrogen-bond acceptors (Lipinski definition) is 3. The number of nitriles is 1. The third-order valence-electron chi connectivity index (χ3n) is 3.69. The number of nitrogens with zero attached hydrogens (tertiary/aromatic N) is 2. The summed E-state index contributed by atoms with van der Waals surface area (Å²) in [6, 6.07) is 8.85. The first-order valence-corrected chi connectivity index (χ1v) is 6.25. The van der Waals surface area contributed by atoms with E-state index in [-0.39, 0.29) is 0 Å². The average molecular weight is 229 g/mol. The molecule has 17 heavy (non-hydrogen) atoms. The largest absolute Gasteiger partial charge is 0.397 e. The maximum atomic E-state index is 8.85. The predicted octanol–water partition coefficient (Wildman–Crippen LogP) is 2.91. The van der Waals surface area contributed by atoms with Gasteiger partial charge in [0, 0.05) is 12.1 Å². The summed E-state index contributed by atoms with van der Waals surface area (Å²) in [6.07, 6.45) is 3.60. The first kappa shape index (κ1) is 11.8. The second-order valence-corrected chi connectivity index (χ2v) is 4.78. The van der Waals surface area contributed by atoms with Crippen LogP contribution in [0.1, 0.15) is 38.7 Å². The van der Waals surface area contributed by atoms with Crippen LogP contribution in [0.3, 0.4) is 0 Å². The van der Waals surface area contributed by atoms with Crippen molar-refractivity contribution in [1.29, 1.82) is 5.26 Å².